The van der Waals surface area contributed by atoms with Crippen LogP contribution < -0.4 is 5.73 Å². The Morgan fingerprint density at radius 2 is 1.24 bits per heavy atom. The number of carbonyl (C=O) groups is 3. The van der Waals surface area contributed by atoms with E-state index in [2.05, 4.69) is 88.2 Å². The van der Waals surface area contributed by atoms with Gasteiger partial charge >= 0.3 is 6.09 Å². The van der Waals surface area contributed by atoms with Crippen molar-refractivity contribution < 1.29 is 28.0 Å². The lowest BCUT2D eigenvalue weighted by atomic mass is 9.83. The molecule has 0 bridgehead atoms. The Morgan fingerprint density at radius 1 is 0.804 bits per heavy atom. The third-order valence-electron chi connectivity index (χ3n) is 10.2. The number of ether oxygens (including phenoxy) is 1. The Morgan fingerprint density at radius 3 is 1.65 bits per heavy atom. The summed E-state index contributed by atoms with van der Waals surface area (Å²) in [5, 5.41) is -0.108. The van der Waals surface area contributed by atoms with E-state index in [4.69, 9.17) is 19.3 Å². The minimum atomic E-state index is -2.37. The van der Waals surface area contributed by atoms with Crippen molar-refractivity contribution in [2.45, 2.75) is 131 Å². The van der Waals surface area contributed by atoms with E-state index >= 15 is 0 Å². The summed E-state index contributed by atoms with van der Waals surface area (Å²) in [5.74, 6) is -1.19. The molecule has 2 amide bonds. The highest BCUT2D eigenvalue weighted by molar-refractivity contribution is 6.74. The number of nitrogens with zero attached hydrogens (tertiary/aromatic N) is 1. The molecule has 0 aliphatic carbocycles. The zero-order valence-corrected chi connectivity index (χ0v) is 34.0. The van der Waals surface area contributed by atoms with E-state index in [1.807, 2.05) is 46.0 Å². The zero-order valence-electron chi connectivity index (χ0n) is 32.0. The lowest BCUT2D eigenvalue weighted by Crippen LogP contribution is -2.54. The van der Waals surface area contributed by atoms with Gasteiger partial charge in [0.25, 0.3) is 0 Å². The summed E-state index contributed by atoms with van der Waals surface area (Å²) in [6.45, 7) is 36.1. The highest BCUT2D eigenvalue weighted by atomic mass is 28.4. The Labute approximate surface area is 283 Å². The fraction of sp³-hybridized carbons (Fsp3) is 0.750. The summed E-state index contributed by atoms with van der Waals surface area (Å²) in [6.07, 6.45) is 7.40. The van der Waals surface area contributed by atoms with Gasteiger partial charge in [0.1, 0.15) is 12.4 Å². The number of rotatable bonds is 18. The van der Waals surface area contributed by atoms with Gasteiger partial charge in [-0.05, 0) is 54.2 Å². The van der Waals surface area contributed by atoms with Crippen LogP contribution >= 0.6 is 0 Å². The largest absolute Gasteiger partial charge is 0.445 e. The molecule has 0 aliphatic heterocycles. The summed E-state index contributed by atoms with van der Waals surface area (Å²) < 4.78 is 19.6. The Kier molecular flexibility index (Phi) is 17.2. The molecule has 0 aromatic rings. The second kappa shape index (κ2) is 17.9. The number of hydrogen-bond acceptors (Lipinski definition) is 6. The van der Waals surface area contributed by atoms with Crippen LogP contribution in [0, 0.1) is 29.6 Å². The van der Waals surface area contributed by atoms with Crippen molar-refractivity contribution >= 4 is 34.9 Å². The van der Waals surface area contributed by atoms with Crippen molar-refractivity contribution in [1.29, 1.82) is 0 Å². The van der Waals surface area contributed by atoms with E-state index in [0.29, 0.717) is 6.54 Å². The number of aldehydes is 1. The third-order valence-corrected chi connectivity index (χ3v) is 19.2. The number of nitrogens with two attached hydrogens (primary N) is 1. The van der Waals surface area contributed by atoms with Crippen LogP contribution in [0.1, 0.15) is 76.2 Å². The summed E-state index contributed by atoms with van der Waals surface area (Å²) in [7, 11) is -2.71. The van der Waals surface area contributed by atoms with Gasteiger partial charge in [0.2, 0.25) is 5.91 Å². The second-order valence-corrected chi connectivity index (χ2v) is 25.8. The minimum Gasteiger partial charge on any atom is -0.445 e. The van der Waals surface area contributed by atoms with Gasteiger partial charge in [0, 0.05) is 25.4 Å². The minimum absolute atomic E-state index is 0.00126. The van der Waals surface area contributed by atoms with E-state index in [-0.39, 0.29) is 45.8 Å². The molecule has 0 spiro atoms. The van der Waals surface area contributed by atoms with E-state index in [0.717, 1.165) is 6.29 Å². The molecule has 0 fully saturated rings. The van der Waals surface area contributed by atoms with Gasteiger partial charge in [-0.25, -0.2) is 4.79 Å². The number of primary amides is 1. The molecular weight excluding hydrogens is 613 g/mol. The van der Waals surface area contributed by atoms with Gasteiger partial charge < -0.3 is 24.2 Å². The summed E-state index contributed by atoms with van der Waals surface area (Å²) in [5.41, 5.74) is 5.54. The SMILES string of the molecule is C=C/C=C\[C@H](C)C(OC(N)=O)C(C)C(O[Si](C)(C)C(C)(C)C)C(C)C(=O)N(C)C[C@H](C)[C@@H](O[Si](C)(C)C(C)(C)C)[C@@H](C)/C=C\C=O. The Hall–Kier alpha value is -2.02. The van der Waals surface area contributed by atoms with E-state index in [9.17, 15) is 14.4 Å². The van der Waals surface area contributed by atoms with Gasteiger partial charge in [-0.15, -0.1) is 0 Å². The molecule has 0 aromatic heterocycles. The van der Waals surface area contributed by atoms with Crippen molar-refractivity contribution in [3.8, 4) is 0 Å². The van der Waals surface area contributed by atoms with Crippen molar-refractivity contribution in [2.75, 3.05) is 13.6 Å². The lowest BCUT2D eigenvalue weighted by Gasteiger charge is -2.45. The van der Waals surface area contributed by atoms with E-state index < -0.39 is 40.9 Å². The van der Waals surface area contributed by atoms with Crippen LogP contribution in [0.25, 0.3) is 0 Å². The smallest absolute Gasteiger partial charge is 0.404 e. The monoisotopic (exact) mass is 680 g/mol. The predicted octanol–water partition coefficient (Wildman–Crippen LogP) is 8.37. The number of allylic oxidation sites excluding steroid dienone is 3. The molecule has 8 atom stereocenters. The van der Waals surface area contributed by atoms with Gasteiger partial charge in [-0.2, -0.15) is 0 Å². The number of carbonyl (C=O) groups excluding carboxylic acids is 3. The maximum atomic E-state index is 14.3. The highest BCUT2D eigenvalue weighted by Crippen LogP contribution is 2.41. The molecule has 0 rings (SSSR count). The van der Waals surface area contributed by atoms with E-state index in [1.165, 1.54) is 6.08 Å². The molecular formula is C36H68N2O6Si2. The maximum absolute atomic E-state index is 14.3. The molecule has 4 unspecified atom stereocenters. The quantitative estimate of drug-likeness (QED) is 0.0675. The molecule has 0 heterocycles. The average Bonchev–Trinajstić information content (AvgIpc) is 2.92. The molecule has 0 saturated carbocycles. The lowest BCUT2D eigenvalue weighted by molar-refractivity contribution is -0.140. The standard InChI is InChI=1S/C36H68N2O6Si2/c1-18-19-21-26(3)31(42-34(37)41)28(5)32(44-46(16,17)36(10,11)12)29(6)33(40)38(13)24-27(4)30(25(2)22-20-23-39)43-45(14,15)35(7,8)9/h18-23,25-32H,1,24H2,2-17H3,(H2,37,41)/b21-19-,22-20-/t25-,26-,27-,28?,29?,30-,31?,32?/m0/s1. The zero-order chi connectivity index (χ0) is 36.4. The van der Waals surface area contributed by atoms with Crippen LogP contribution in [0.2, 0.25) is 36.3 Å². The molecule has 10 heteroatoms. The van der Waals surface area contributed by atoms with Gasteiger partial charge in [-0.1, -0.05) is 107 Å². The summed E-state index contributed by atoms with van der Waals surface area (Å²) in [4.78, 5) is 39.2. The number of hydrogen-bond donors (Lipinski definition) is 1. The normalized spacial score (nSPS) is 18.7. The molecule has 0 aromatic carbocycles. The van der Waals surface area contributed by atoms with Crippen molar-refractivity contribution in [1.82, 2.24) is 4.90 Å². The molecule has 46 heavy (non-hydrogen) atoms. The van der Waals surface area contributed by atoms with E-state index in [1.54, 1.807) is 11.0 Å². The van der Waals surface area contributed by atoms with Crippen LogP contribution in [0.3, 0.4) is 0 Å². The first-order valence-electron chi connectivity index (χ1n) is 16.7. The van der Waals surface area contributed by atoms with Gasteiger partial charge in [0.05, 0.1) is 18.1 Å². The van der Waals surface area contributed by atoms with Crippen molar-refractivity contribution in [3.63, 3.8) is 0 Å². The molecule has 0 aliphatic rings. The predicted molar refractivity (Wildman–Crippen MR) is 197 cm³/mol. The van der Waals surface area contributed by atoms with Crippen LogP contribution in [0.5, 0.6) is 0 Å². The second-order valence-electron chi connectivity index (χ2n) is 16.3. The first-order valence-corrected chi connectivity index (χ1v) is 22.5. The average molecular weight is 681 g/mol. The van der Waals surface area contributed by atoms with Gasteiger partial charge in [0.15, 0.2) is 16.6 Å². The maximum Gasteiger partial charge on any atom is 0.404 e. The Bertz CT molecular complexity index is 1060. The van der Waals surface area contributed by atoms with Crippen molar-refractivity contribution in [2.24, 2.45) is 35.3 Å². The first kappa shape index (κ1) is 44.0. The third kappa shape index (κ3) is 12.9. The summed E-state index contributed by atoms with van der Waals surface area (Å²) >= 11 is 0. The molecule has 2 N–H and O–H groups in total. The molecule has 266 valence electrons. The molecule has 0 radical (unpaired) electrons. The fourth-order valence-electron chi connectivity index (χ4n) is 5.26. The van der Waals surface area contributed by atoms with Crippen LogP contribution in [0.4, 0.5) is 4.79 Å². The summed E-state index contributed by atoms with van der Waals surface area (Å²) in [6, 6.07) is 0. The van der Waals surface area contributed by atoms with Crippen LogP contribution in [-0.4, -0.2) is 71.7 Å². The van der Waals surface area contributed by atoms with Crippen LogP contribution in [0.15, 0.2) is 37.0 Å². The van der Waals surface area contributed by atoms with Crippen molar-refractivity contribution in [3.05, 3.63) is 37.0 Å². The number of amides is 2. The molecule has 8 nitrogen and oxygen atoms in total. The topological polar surface area (TPSA) is 108 Å². The first-order chi connectivity index (χ1) is 20.8. The van der Waals surface area contributed by atoms with Crippen LogP contribution in [-0.2, 0) is 23.2 Å². The Balaban J connectivity index is 6.60. The fourth-order valence-corrected chi connectivity index (χ4v) is 8.20. The molecule has 0 saturated heterocycles. The highest BCUT2D eigenvalue weighted by Gasteiger charge is 2.46. The van der Waals surface area contributed by atoms with Gasteiger partial charge in [-0.3, -0.25) is 9.59 Å².